The number of hydrogen-bond acceptors (Lipinski definition) is 2. The van der Waals surface area contributed by atoms with E-state index in [0.717, 1.165) is 11.1 Å². The lowest BCUT2D eigenvalue weighted by Crippen LogP contribution is -1.84. The number of halogens is 2. The first-order chi connectivity index (χ1) is 9.19. The summed E-state index contributed by atoms with van der Waals surface area (Å²) in [4.78, 5) is 7.55. The molecule has 0 radical (unpaired) electrons. The van der Waals surface area contributed by atoms with Crippen molar-refractivity contribution in [2.75, 3.05) is 0 Å². The van der Waals surface area contributed by atoms with Gasteiger partial charge in [-0.25, -0.2) is 9.37 Å². The molecule has 2 aromatic carbocycles. The summed E-state index contributed by atoms with van der Waals surface area (Å²) < 4.78 is 13.7. The molecule has 3 aromatic rings. The van der Waals surface area contributed by atoms with Gasteiger partial charge in [-0.15, -0.1) is 0 Å². The third-order valence-electron chi connectivity index (χ3n) is 2.82. The average molecular weight is 316 g/mol. The van der Waals surface area contributed by atoms with Gasteiger partial charge in [0.1, 0.15) is 23.2 Å². The Morgan fingerprint density at radius 1 is 1.26 bits per heavy atom. The van der Waals surface area contributed by atoms with Crippen molar-refractivity contribution in [3.8, 4) is 17.5 Å². The summed E-state index contributed by atoms with van der Waals surface area (Å²) in [7, 11) is 0. The average Bonchev–Trinajstić information content (AvgIpc) is 2.81. The SMILES string of the molecule is N#Cc1cccc2[nH]c(-c3ccc(F)cc3Br)nc12. The number of aromatic amines is 1. The van der Waals surface area contributed by atoms with Crippen LogP contribution < -0.4 is 0 Å². The Kier molecular flexibility index (Phi) is 2.80. The number of hydrogen-bond donors (Lipinski definition) is 1. The van der Waals surface area contributed by atoms with Crippen LogP contribution in [0.4, 0.5) is 4.39 Å². The molecular weight excluding hydrogens is 309 g/mol. The van der Waals surface area contributed by atoms with Gasteiger partial charge in [0, 0.05) is 10.0 Å². The molecule has 0 bridgehead atoms. The van der Waals surface area contributed by atoms with Crippen LogP contribution in [0.15, 0.2) is 40.9 Å². The highest BCUT2D eigenvalue weighted by Crippen LogP contribution is 2.29. The Morgan fingerprint density at radius 3 is 2.84 bits per heavy atom. The van der Waals surface area contributed by atoms with Gasteiger partial charge in [-0.2, -0.15) is 5.26 Å². The van der Waals surface area contributed by atoms with Crippen molar-refractivity contribution in [2.45, 2.75) is 0 Å². The van der Waals surface area contributed by atoms with Crippen LogP contribution in [0.5, 0.6) is 0 Å². The van der Waals surface area contributed by atoms with Gasteiger partial charge in [0.25, 0.3) is 0 Å². The van der Waals surface area contributed by atoms with Crippen LogP contribution in [0.1, 0.15) is 5.56 Å². The van der Waals surface area contributed by atoms with Gasteiger partial charge >= 0.3 is 0 Å². The minimum atomic E-state index is -0.315. The van der Waals surface area contributed by atoms with Crippen LogP contribution in [0, 0.1) is 17.1 Å². The number of fused-ring (bicyclic) bond motifs is 1. The largest absolute Gasteiger partial charge is 0.338 e. The molecule has 92 valence electrons. The van der Waals surface area contributed by atoms with Crippen molar-refractivity contribution < 1.29 is 4.39 Å². The highest BCUT2D eigenvalue weighted by atomic mass is 79.9. The fourth-order valence-electron chi connectivity index (χ4n) is 1.93. The second kappa shape index (κ2) is 4.48. The molecular formula is C14H7BrFN3. The molecule has 0 atom stereocenters. The summed E-state index contributed by atoms with van der Waals surface area (Å²) in [5.41, 5.74) is 2.67. The Hall–Kier alpha value is -2.19. The topological polar surface area (TPSA) is 52.5 Å². The Bertz CT molecular complexity index is 817. The maximum atomic E-state index is 13.1. The molecule has 1 aromatic heterocycles. The molecule has 0 amide bonds. The summed E-state index contributed by atoms with van der Waals surface area (Å²) in [5, 5.41) is 9.04. The van der Waals surface area contributed by atoms with Gasteiger partial charge in [0.15, 0.2) is 0 Å². The molecule has 0 saturated carbocycles. The molecule has 1 heterocycles. The van der Waals surface area contributed by atoms with E-state index in [4.69, 9.17) is 5.26 Å². The van der Waals surface area contributed by atoms with Crippen molar-refractivity contribution >= 4 is 27.0 Å². The zero-order valence-corrected chi connectivity index (χ0v) is 11.2. The van der Waals surface area contributed by atoms with Gasteiger partial charge < -0.3 is 4.98 Å². The van der Waals surface area contributed by atoms with E-state index in [-0.39, 0.29) is 5.82 Å². The van der Waals surface area contributed by atoms with Gasteiger partial charge in [-0.1, -0.05) is 6.07 Å². The predicted octanol–water partition coefficient (Wildman–Crippen LogP) is 4.00. The van der Waals surface area contributed by atoms with E-state index in [2.05, 4.69) is 32.0 Å². The van der Waals surface area contributed by atoms with Crippen LogP contribution in [-0.2, 0) is 0 Å². The number of nitriles is 1. The molecule has 1 N–H and O–H groups in total. The van der Waals surface area contributed by atoms with E-state index in [1.807, 2.05) is 6.07 Å². The van der Waals surface area contributed by atoms with Crippen LogP contribution in [-0.4, -0.2) is 9.97 Å². The molecule has 0 saturated heterocycles. The first-order valence-electron chi connectivity index (χ1n) is 5.53. The highest BCUT2D eigenvalue weighted by molar-refractivity contribution is 9.10. The maximum Gasteiger partial charge on any atom is 0.139 e. The molecule has 19 heavy (non-hydrogen) atoms. The van der Waals surface area contributed by atoms with Crippen molar-refractivity contribution in [2.24, 2.45) is 0 Å². The first kappa shape index (κ1) is 11.9. The lowest BCUT2D eigenvalue weighted by atomic mass is 10.2. The molecule has 0 fully saturated rings. The first-order valence-corrected chi connectivity index (χ1v) is 6.32. The van der Waals surface area contributed by atoms with Crippen molar-refractivity contribution in [3.63, 3.8) is 0 Å². The number of para-hydroxylation sites is 1. The molecule has 0 spiro atoms. The number of nitrogens with zero attached hydrogens (tertiary/aromatic N) is 2. The second-order valence-electron chi connectivity index (χ2n) is 4.02. The van der Waals surface area contributed by atoms with Gasteiger partial charge in [-0.3, -0.25) is 0 Å². The Labute approximate surface area is 116 Å². The van der Waals surface area contributed by atoms with E-state index in [9.17, 15) is 4.39 Å². The lowest BCUT2D eigenvalue weighted by molar-refractivity contribution is 0.627. The third kappa shape index (κ3) is 2.00. The highest BCUT2D eigenvalue weighted by Gasteiger charge is 2.11. The van der Waals surface area contributed by atoms with E-state index in [1.165, 1.54) is 12.1 Å². The molecule has 0 unspecified atom stereocenters. The zero-order chi connectivity index (χ0) is 13.4. The fraction of sp³-hybridized carbons (Fsp3) is 0. The van der Waals surface area contributed by atoms with E-state index in [0.29, 0.717) is 21.4 Å². The summed E-state index contributed by atoms with van der Waals surface area (Å²) >= 11 is 3.31. The summed E-state index contributed by atoms with van der Waals surface area (Å²) in [5.74, 6) is 0.286. The van der Waals surface area contributed by atoms with Crippen molar-refractivity contribution in [3.05, 3.63) is 52.3 Å². The zero-order valence-electron chi connectivity index (χ0n) is 9.61. The number of nitrogens with one attached hydrogen (secondary N) is 1. The van der Waals surface area contributed by atoms with Gasteiger partial charge in [-0.05, 0) is 46.3 Å². The number of imidazole rings is 1. The Morgan fingerprint density at radius 2 is 2.11 bits per heavy atom. The quantitative estimate of drug-likeness (QED) is 0.737. The number of H-pyrrole nitrogens is 1. The molecule has 5 heteroatoms. The molecule has 3 rings (SSSR count). The molecule has 0 aliphatic rings. The minimum Gasteiger partial charge on any atom is -0.338 e. The van der Waals surface area contributed by atoms with Crippen LogP contribution >= 0.6 is 15.9 Å². The normalized spacial score (nSPS) is 10.6. The monoisotopic (exact) mass is 315 g/mol. The standard InChI is InChI=1S/C14H7BrFN3/c15-11-6-9(16)4-5-10(11)14-18-12-3-1-2-8(7-17)13(12)19-14/h1-6H,(H,18,19). The smallest absolute Gasteiger partial charge is 0.139 e. The second-order valence-corrected chi connectivity index (χ2v) is 4.88. The van der Waals surface area contributed by atoms with Crippen molar-refractivity contribution in [1.29, 1.82) is 5.26 Å². The maximum absolute atomic E-state index is 13.1. The molecule has 0 aliphatic carbocycles. The number of aromatic nitrogens is 2. The van der Waals surface area contributed by atoms with Crippen LogP contribution in [0.25, 0.3) is 22.4 Å². The van der Waals surface area contributed by atoms with Gasteiger partial charge in [0.2, 0.25) is 0 Å². The molecule has 0 aliphatic heterocycles. The van der Waals surface area contributed by atoms with Gasteiger partial charge in [0.05, 0.1) is 11.1 Å². The molecule has 3 nitrogen and oxygen atoms in total. The van der Waals surface area contributed by atoms with E-state index < -0.39 is 0 Å². The third-order valence-corrected chi connectivity index (χ3v) is 3.48. The number of benzene rings is 2. The minimum absolute atomic E-state index is 0.315. The summed E-state index contributed by atoms with van der Waals surface area (Å²) in [6.45, 7) is 0. The lowest BCUT2D eigenvalue weighted by Gasteiger charge is -2.00. The van der Waals surface area contributed by atoms with E-state index >= 15 is 0 Å². The Balaban J connectivity index is 2.24. The summed E-state index contributed by atoms with van der Waals surface area (Å²) in [6, 6.07) is 11.9. The number of rotatable bonds is 1. The van der Waals surface area contributed by atoms with Crippen LogP contribution in [0.3, 0.4) is 0 Å². The fourth-order valence-corrected chi connectivity index (χ4v) is 2.47. The van der Waals surface area contributed by atoms with Crippen LogP contribution in [0.2, 0.25) is 0 Å². The van der Waals surface area contributed by atoms with E-state index in [1.54, 1.807) is 18.2 Å². The predicted molar refractivity (Wildman–Crippen MR) is 73.9 cm³/mol. The van der Waals surface area contributed by atoms with Crippen molar-refractivity contribution in [1.82, 2.24) is 9.97 Å². The summed E-state index contributed by atoms with van der Waals surface area (Å²) in [6.07, 6.45) is 0.